The number of benzene rings is 2. The number of nitriles is 1. The first-order chi connectivity index (χ1) is 9.11. The van der Waals surface area contributed by atoms with Gasteiger partial charge in [0.25, 0.3) is 0 Å². The predicted molar refractivity (Wildman–Crippen MR) is 72.5 cm³/mol. The van der Waals surface area contributed by atoms with E-state index in [0.717, 1.165) is 0 Å². The van der Waals surface area contributed by atoms with E-state index in [4.69, 9.17) is 5.26 Å². The molecule has 5 heteroatoms. The summed E-state index contributed by atoms with van der Waals surface area (Å²) >= 11 is 3.03. The van der Waals surface area contributed by atoms with Gasteiger partial charge in [-0.05, 0) is 45.8 Å². The van der Waals surface area contributed by atoms with Crippen LogP contribution in [0.5, 0.6) is 0 Å². The molecule has 1 N–H and O–H groups in total. The van der Waals surface area contributed by atoms with Gasteiger partial charge in [0, 0.05) is 6.54 Å². The standard InChI is InChI=1S/C14H9BrF2N2/c15-13-10(7-18)4-5-12(14(13)17)19-8-9-2-1-3-11(16)6-9/h1-6,19H,8H2. The van der Waals surface area contributed by atoms with Gasteiger partial charge in [0.05, 0.1) is 15.7 Å². The normalized spacial score (nSPS) is 10.0. The molecule has 2 aromatic rings. The minimum absolute atomic E-state index is 0.124. The molecule has 0 aliphatic rings. The highest BCUT2D eigenvalue weighted by atomic mass is 79.9. The van der Waals surface area contributed by atoms with E-state index >= 15 is 0 Å². The molecule has 19 heavy (non-hydrogen) atoms. The molecule has 0 unspecified atom stereocenters. The summed E-state index contributed by atoms with van der Waals surface area (Å²) in [6.45, 7) is 0.299. The Labute approximate surface area is 117 Å². The van der Waals surface area contributed by atoms with E-state index < -0.39 is 5.82 Å². The molecule has 0 amide bonds. The second-order valence-corrected chi connectivity index (χ2v) is 4.68. The van der Waals surface area contributed by atoms with Crippen molar-refractivity contribution in [3.63, 3.8) is 0 Å². The summed E-state index contributed by atoms with van der Waals surface area (Å²) in [4.78, 5) is 0. The van der Waals surface area contributed by atoms with E-state index in [1.165, 1.54) is 24.3 Å². The summed E-state index contributed by atoms with van der Waals surface area (Å²) in [7, 11) is 0. The van der Waals surface area contributed by atoms with E-state index in [1.807, 2.05) is 6.07 Å². The van der Waals surface area contributed by atoms with Crippen LogP contribution in [0.4, 0.5) is 14.5 Å². The molecule has 0 fully saturated rings. The molecule has 0 saturated carbocycles. The van der Waals surface area contributed by atoms with E-state index in [0.29, 0.717) is 12.1 Å². The fourth-order valence-electron chi connectivity index (χ4n) is 1.62. The third-order valence-corrected chi connectivity index (χ3v) is 3.35. The average Bonchev–Trinajstić information content (AvgIpc) is 2.41. The summed E-state index contributed by atoms with van der Waals surface area (Å²) in [5.74, 6) is -0.865. The van der Waals surface area contributed by atoms with Crippen molar-refractivity contribution in [3.8, 4) is 6.07 Å². The van der Waals surface area contributed by atoms with Gasteiger partial charge in [-0.25, -0.2) is 8.78 Å². The Hall–Kier alpha value is -1.93. The molecular formula is C14H9BrF2N2. The van der Waals surface area contributed by atoms with Crippen molar-refractivity contribution in [3.05, 3.63) is 63.6 Å². The van der Waals surface area contributed by atoms with Crippen LogP contribution in [0.2, 0.25) is 0 Å². The fourth-order valence-corrected chi connectivity index (χ4v) is 2.05. The number of rotatable bonds is 3. The van der Waals surface area contributed by atoms with Crippen molar-refractivity contribution < 1.29 is 8.78 Å². The van der Waals surface area contributed by atoms with Gasteiger partial charge in [0.2, 0.25) is 0 Å². The number of anilines is 1. The van der Waals surface area contributed by atoms with Crippen LogP contribution in [0, 0.1) is 23.0 Å². The van der Waals surface area contributed by atoms with Crippen LogP contribution in [0.25, 0.3) is 0 Å². The van der Waals surface area contributed by atoms with E-state index in [2.05, 4.69) is 21.2 Å². The lowest BCUT2D eigenvalue weighted by atomic mass is 10.2. The third-order valence-electron chi connectivity index (χ3n) is 2.57. The largest absolute Gasteiger partial charge is 0.379 e. The van der Waals surface area contributed by atoms with Crippen LogP contribution >= 0.6 is 15.9 Å². The van der Waals surface area contributed by atoms with Gasteiger partial charge in [-0.2, -0.15) is 5.26 Å². The van der Waals surface area contributed by atoms with Crippen molar-refractivity contribution in [1.29, 1.82) is 5.26 Å². The van der Waals surface area contributed by atoms with Gasteiger partial charge in [-0.1, -0.05) is 12.1 Å². The van der Waals surface area contributed by atoms with Crippen molar-refractivity contribution in [2.75, 3.05) is 5.32 Å². The zero-order chi connectivity index (χ0) is 13.8. The predicted octanol–water partition coefficient (Wildman–Crippen LogP) is 4.21. The van der Waals surface area contributed by atoms with Crippen molar-refractivity contribution in [2.45, 2.75) is 6.54 Å². The van der Waals surface area contributed by atoms with E-state index in [1.54, 1.807) is 12.1 Å². The van der Waals surface area contributed by atoms with Crippen LogP contribution in [-0.4, -0.2) is 0 Å². The van der Waals surface area contributed by atoms with Crippen molar-refractivity contribution in [1.82, 2.24) is 0 Å². The summed E-state index contributed by atoms with van der Waals surface area (Å²) in [5, 5.41) is 11.6. The lowest BCUT2D eigenvalue weighted by molar-refractivity contribution is 0.621. The van der Waals surface area contributed by atoms with E-state index in [-0.39, 0.29) is 21.5 Å². The Morgan fingerprint density at radius 1 is 1.21 bits per heavy atom. The Balaban J connectivity index is 2.17. The zero-order valence-corrected chi connectivity index (χ0v) is 11.3. The van der Waals surface area contributed by atoms with Gasteiger partial charge in [0.15, 0.2) is 5.82 Å². The second kappa shape index (κ2) is 5.81. The molecular weight excluding hydrogens is 314 g/mol. The molecule has 0 radical (unpaired) electrons. The van der Waals surface area contributed by atoms with Crippen molar-refractivity contribution in [2.24, 2.45) is 0 Å². The topological polar surface area (TPSA) is 35.8 Å². The summed E-state index contributed by atoms with van der Waals surface area (Å²) in [5.41, 5.74) is 1.20. The maximum atomic E-state index is 13.9. The molecule has 0 heterocycles. The Morgan fingerprint density at radius 2 is 2.00 bits per heavy atom. The summed E-state index contributed by atoms with van der Waals surface area (Å²) in [6, 6.07) is 10.9. The van der Waals surface area contributed by atoms with Crippen LogP contribution in [0.15, 0.2) is 40.9 Å². The molecule has 2 rings (SSSR count). The number of nitrogens with zero attached hydrogens (tertiary/aromatic N) is 1. The minimum atomic E-state index is -0.532. The zero-order valence-electron chi connectivity index (χ0n) is 9.75. The second-order valence-electron chi connectivity index (χ2n) is 3.88. The highest BCUT2D eigenvalue weighted by molar-refractivity contribution is 9.10. The van der Waals surface area contributed by atoms with Crippen LogP contribution in [0.3, 0.4) is 0 Å². The molecule has 2 nitrogen and oxygen atoms in total. The van der Waals surface area contributed by atoms with Crippen molar-refractivity contribution >= 4 is 21.6 Å². The number of hydrogen-bond donors (Lipinski definition) is 1. The molecule has 0 aliphatic heterocycles. The number of hydrogen-bond acceptors (Lipinski definition) is 2. The van der Waals surface area contributed by atoms with Crippen LogP contribution in [0.1, 0.15) is 11.1 Å². The smallest absolute Gasteiger partial charge is 0.161 e. The Kier molecular flexibility index (Phi) is 4.13. The van der Waals surface area contributed by atoms with Gasteiger partial charge in [-0.3, -0.25) is 0 Å². The Morgan fingerprint density at radius 3 is 2.68 bits per heavy atom. The Bertz CT molecular complexity index is 650. The van der Waals surface area contributed by atoms with Gasteiger partial charge < -0.3 is 5.32 Å². The van der Waals surface area contributed by atoms with Gasteiger partial charge in [0.1, 0.15) is 11.9 Å². The first-order valence-electron chi connectivity index (χ1n) is 5.48. The van der Waals surface area contributed by atoms with Crippen LogP contribution in [-0.2, 0) is 6.54 Å². The molecule has 0 aliphatic carbocycles. The molecule has 0 atom stereocenters. The van der Waals surface area contributed by atoms with Gasteiger partial charge >= 0.3 is 0 Å². The molecule has 0 saturated heterocycles. The fraction of sp³-hybridized carbons (Fsp3) is 0.0714. The molecule has 96 valence electrons. The molecule has 0 aromatic heterocycles. The molecule has 2 aromatic carbocycles. The van der Waals surface area contributed by atoms with Crippen LogP contribution < -0.4 is 5.32 Å². The quantitative estimate of drug-likeness (QED) is 0.918. The lowest BCUT2D eigenvalue weighted by Gasteiger charge is -2.09. The first kappa shape index (κ1) is 13.5. The van der Waals surface area contributed by atoms with E-state index in [9.17, 15) is 8.78 Å². The van der Waals surface area contributed by atoms with Gasteiger partial charge in [-0.15, -0.1) is 0 Å². The number of nitrogens with one attached hydrogen (secondary N) is 1. The summed E-state index contributed by atoms with van der Waals surface area (Å²) < 4.78 is 27.0. The minimum Gasteiger partial charge on any atom is -0.379 e. The average molecular weight is 323 g/mol. The SMILES string of the molecule is N#Cc1ccc(NCc2cccc(F)c2)c(F)c1Br. The maximum absolute atomic E-state index is 13.9. The highest BCUT2D eigenvalue weighted by Crippen LogP contribution is 2.26. The summed E-state index contributed by atoms with van der Waals surface area (Å²) in [6.07, 6.45) is 0. The molecule has 0 bridgehead atoms. The monoisotopic (exact) mass is 322 g/mol. The molecule has 0 spiro atoms. The first-order valence-corrected chi connectivity index (χ1v) is 6.27. The maximum Gasteiger partial charge on any atom is 0.161 e. The highest BCUT2D eigenvalue weighted by Gasteiger charge is 2.10. The number of halogens is 3. The lowest BCUT2D eigenvalue weighted by Crippen LogP contribution is -2.02. The third kappa shape index (κ3) is 3.09.